The number of anilines is 1. The lowest BCUT2D eigenvalue weighted by Gasteiger charge is -2.37. The molecule has 4 nitrogen and oxygen atoms in total. The zero-order valence-electron chi connectivity index (χ0n) is 13.6. The summed E-state index contributed by atoms with van der Waals surface area (Å²) in [4.78, 5) is 16.5. The number of rotatable bonds is 2. The number of carbonyl (C=O) groups excluding carboxylic acids is 1. The topological polar surface area (TPSA) is 32.8 Å². The molecule has 3 aliphatic rings. The van der Waals surface area contributed by atoms with Crippen LogP contribution in [0.2, 0.25) is 0 Å². The number of nitrogens with zero attached hydrogens (tertiary/aromatic N) is 2. The van der Waals surface area contributed by atoms with Gasteiger partial charge in [-0.15, -0.1) is 0 Å². The number of fused-ring (bicyclic) bond motifs is 1. The summed E-state index contributed by atoms with van der Waals surface area (Å²) in [6, 6.07) is 3.63. The molecule has 3 fully saturated rings. The van der Waals surface area contributed by atoms with E-state index in [-0.39, 0.29) is 12.0 Å². The van der Waals surface area contributed by atoms with Gasteiger partial charge < -0.3 is 14.5 Å². The Morgan fingerprint density at radius 3 is 2.67 bits per heavy atom. The molecule has 6 heteroatoms. The molecule has 1 aromatic carbocycles. The highest BCUT2D eigenvalue weighted by Crippen LogP contribution is 2.41. The van der Waals surface area contributed by atoms with E-state index in [0.29, 0.717) is 50.3 Å². The molecule has 0 bridgehead atoms. The summed E-state index contributed by atoms with van der Waals surface area (Å²) in [6.45, 7) is 2.91. The molecule has 1 amide bonds. The van der Waals surface area contributed by atoms with Gasteiger partial charge in [-0.3, -0.25) is 4.79 Å². The summed E-state index contributed by atoms with van der Waals surface area (Å²) in [7, 11) is 0. The van der Waals surface area contributed by atoms with E-state index in [1.54, 1.807) is 0 Å². The molecule has 1 aromatic rings. The predicted molar refractivity (Wildman–Crippen MR) is 85.7 cm³/mol. The largest absolute Gasteiger partial charge is 0.368 e. The Morgan fingerprint density at radius 1 is 1.12 bits per heavy atom. The van der Waals surface area contributed by atoms with Gasteiger partial charge in [0, 0.05) is 32.2 Å². The minimum Gasteiger partial charge on any atom is -0.368 e. The molecule has 2 aliphatic heterocycles. The molecule has 1 aliphatic carbocycles. The molecule has 3 atom stereocenters. The van der Waals surface area contributed by atoms with Crippen LogP contribution in [-0.4, -0.2) is 49.7 Å². The first-order valence-electron chi connectivity index (χ1n) is 8.74. The average Bonchev–Trinajstić information content (AvgIpc) is 3.18. The number of halogens is 2. The third-order valence-corrected chi connectivity index (χ3v) is 5.68. The van der Waals surface area contributed by atoms with E-state index >= 15 is 0 Å². The van der Waals surface area contributed by atoms with Crippen LogP contribution in [-0.2, 0) is 9.53 Å². The Morgan fingerprint density at radius 2 is 1.92 bits per heavy atom. The minimum atomic E-state index is -0.574. The van der Waals surface area contributed by atoms with Crippen molar-refractivity contribution < 1.29 is 18.3 Å². The number of hydrogen-bond donors (Lipinski definition) is 0. The maximum atomic E-state index is 13.9. The fourth-order valence-electron chi connectivity index (χ4n) is 4.36. The monoisotopic (exact) mass is 336 g/mol. The molecule has 4 rings (SSSR count). The smallest absolute Gasteiger partial charge is 0.252 e. The van der Waals surface area contributed by atoms with Crippen molar-refractivity contribution in [2.45, 2.75) is 25.4 Å². The van der Waals surface area contributed by atoms with Crippen LogP contribution in [0.4, 0.5) is 14.5 Å². The van der Waals surface area contributed by atoms with Crippen molar-refractivity contribution in [1.82, 2.24) is 4.90 Å². The van der Waals surface area contributed by atoms with Crippen molar-refractivity contribution in [3.63, 3.8) is 0 Å². The van der Waals surface area contributed by atoms with Gasteiger partial charge in [0.1, 0.15) is 17.7 Å². The lowest BCUT2D eigenvalue weighted by atomic mass is 9.93. The standard InChI is InChI=1S/C18H22F2N2O2/c19-13-4-5-16(15(20)10-13)21-6-8-22(9-7-21)18(23)17-14-3-1-2-12(14)11-24-17/h4-5,10,12,14,17H,1-3,6-9,11H2/t12-,14-,17+/m0/s1. The van der Waals surface area contributed by atoms with E-state index in [4.69, 9.17) is 4.74 Å². The fraction of sp³-hybridized carbons (Fsp3) is 0.611. The van der Waals surface area contributed by atoms with Crippen molar-refractivity contribution in [2.75, 3.05) is 37.7 Å². The van der Waals surface area contributed by atoms with Crippen molar-refractivity contribution >= 4 is 11.6 Å². The van der Waals surface area contributed by atoms with Crippen molar-refractivity contribution in [2.24, 2.45) is 11.8 Å². The molecule has 24 heavy (non-hydrogen) atoms. The fourth-order valence-corrected chi connectivity index (χ4v) is 4.36. The molecule has 0 spiro atoms. The van der Waals surface area contributed by atoms with Gasteiger partial charge in [0.2, 0.25) is 0 Å². The molecular weight excluding hydrogens is 314 g/mol. The van der Waals surface area contributed by atoms with Crippen LogP contribution in [0.25, 0.3) is 0 Å². The summed E-state index contributed by atoms with van der Waals surface area (Å²) in [5, 5.41) is 0. The number of benzene rings is 1. The SMILES string of the molecule is O=C([C@@H]1OC[C@@H]2CCC[C@@H]21)N1CCN(c2ccc(F)cc2F)CC1. The number of carbonyl (C=O) groups is 1. The Kier molecular flexibility index (Phi) is 4.16. The number of hydrogen-bond acceptors (Lipinski definition) is 3. The second kappa shape index (κ2) is 6.31. The summed E-state index contributed by atoms with van der Waals surface area (Å²) in [6.07, 6.45) is 3.17. The molecule has 1 saturated carbocycles. The summed E-state index contributed by atoms with van der Waals surface area (Å²) >= 11 is 0. The first-order valence-corrected chi connectivity index (χ1v) is 8.74. The normalized spacial score (nSPS) is 29.8. The molecule has 2 heterocycles. The Bertz CT molecular complexity index is 631. The van der Waals surface area contributed by atoms with E-state index < -0.39 is 11.6 Å². The molecule has 0 aromatic heterocycles. The molecular formula is C18H22F2N2O2. The van der Waals surface area contributed by atoms with Crippen LogP contribution in [0.3, 0.4) is 0 Å². The zero-order valence-corrected chi connectivity index (χ0v) is 13.6. The van der Waals surface area contributed by atoms with Crippen LogP contribution in [0.5, 0.6) is 0 Å². The third-order valence-electron chi connectivity index (χ3n) is 5.68. The summed E-state index contributed by atoms with van der Waals surface area (Å²) in [5.41, 5.74) is 0.400. The highest BCUT2D eigenvalue weighted by Gasteiger charge is 2.45. The van der Waals surface area contributed by atoms with Crippen LogP contribution >= 0.6 is 0 Å². The molecule has 0 N–H and O–H groups in total. The van der Waals surface area contributed by atoms with Crippen molar-refractivity contribution in [1.29, 1.82) is 0 Å². The maximum Gasteiger partial charge on any atom is 0.252 e. The molecule has 130 valence electrons. The maximum absolute atomic E-state index is 13.9. The average molecular weight is 336 g/mol. The van der Waals surface area contributed by atoms with E-state index in [1.807, 2.05) is 9.80 Å². The Balaban J connectivity index is 1.38. The van der Waals surface area contributed by atoms with E-state index in [9.17, 15) is 13.6 Å². The quantitative estimate of drug-likeness (QED) is 0.832. The van der Waals surface area contributed by atoms with Gasteiger partial charge >= 0.3 is 0 Å². The van der Waals surface area contributed by atoms with E-state index in [0.717, 1.165) is 12.5 Å². The molecule has 0 radical (unpaired) electrons. The van der Waals surface area contributed by atoms with Crippen LogP contribution in [0.1, 0.15) is 19.3 Å². The molecule has 0 unspecified atom stereocenters. The first kappa shape index (κ1) is 15.8. The highest BCUT2D eigenvalue weighted by molar-refractivity contribution is 5.82. The second-order valence-electron chi connectivity index (χ2n) is 7.02. The zero-order chi connectivity index (χ0) is 16.7. The van der Waals surface area contributed by atoms with Crippen LogP contribution in [0.15, 0.2) is 18.2 Å². The summed E-state index contributed by atoms with van der Waals surface area (Å²) in [5.74, 6) is -0.112. The highest BCUT2D eigenvalue weighted by atomic mass is 19.1. The Hall–Kier alpha value is -1.69. The van der Waals surface area contributed by atoms with Crippen molar-refractivity contribution in [3.8, 4) is 0 Å². The van der Waals surface area contributed by atoms with Crippen molar-refractivity contribution in [3.05, 3.63) is 29.8 Å². The predicted octanol–water partition coefficient (Wildman–Crippen LogP) is 2.43. The van der Waals surface area contributed by atoms with Gasteiger partial charge in [0.25, 0.3) is 5.91 Å². The number of piperazine rings is 1. The lowest BCUT2D eigenvalue weighted by molar-refractivity contribution is -0.143. The third kappa shape index (κ3) is 2.77. The summed E-state index contributed by atoms with van der Waals surface area (Å²) < 4.78 is 32.7. The number of ether oxygens (including phenoxy) is 1. The van der Waals surface area contributed by atoms with E-state index in [1.165, 1.54) is 25.0 Å². The van der Waals surface area contributed by atoms with Gasteiger partial charge in [0.15, 0.2) is 0 Å². The minimum absolute atomic E-state index is 0.0867. The Labute approximate surface area is 140 Å². The van der Waals surface area contributed by atoms with Gasteiger partial charge in [-0.05, 0) is 36.8 Å². The second-order valence-corrected chi connectivity index (χ2v) is 7.02. The molecule has 2 saturated heterocycles. The van der Waals surface area contributed by atoms with Gasteiger partial charge in [-0.2, -0.15) is 0 Å². The van der Waals surface area contributed by atoms with Crippen LogP contribution in [0, 0.1) is 23.5 Å². The van der Waals surface area contributed by atoms with Gasteiger partial charge in [0.05, 0.1) is 12.3 Å². The van der Waals surface area contributed by atoms with Gasteiger partial charge in [-0.25, -0.2) is 8.78 Å². The van der Waals surface area contributed by atoms with Crippen LogP contribution < -0.4 is 4.90 Å². The number of amides is 1. The van der Waals surface area contributed by atoms with Gasteiger partial charge in [-0.1, -0.05) is 6.42 Å². The lowest BCUT2D eigenvalue weighted by Crippen LogP contribution is -2.52. The first-order chi connectivity index (χ1) is 11.6. The van der Waals surface area contributed by atoms with E-state index in [2.05, 4.69) is 0 Å².